The molecule has 1 heterocycles. The molecule has 0 saturated carbocycles. The number of likely N-dealkylation sites (tertiary alicyclic amines) is 1. The fraction of sp³-hybridized carbons (Fsp3) is 0.556. The lowest BCUT2D eigenvalue weighted by Gasteiger charge is -2.32. The van der Waals surface area contributed by atoms with Gasteiger partial charge in [-0.05, 0) is 37.9 Å². The molecule has 0 radical (unpaired) electrons. The molecule has 1 fully saturated rings. The van der Waals surface area contributed by atoms with Crippen molar-refractivity contribution in [3.05, 3.63) is 35.9 Å². The van der Waals surface area contributed by atoms with Gasteiger partial charge in [-0.2, -0.15) is 0 Å². The van der Waals surface area contributed by atoms with Crippen LogP contribution in [0, 0.1) is 5.92 Å². The Kier molecular flexibility index (Phi) is 7.07. The molecule has 1 saturated heterocycles. The molecule has 1 aromatic rings. The number of nitrogens with one attached hydrogen (secondary N) is 2. The van der Waals surface area contributed by atoms with Crippen LogP contribution in [0.25, 0.3) is 0 Å². The Bertz CT molecular complexity index is 502. The van der Waals surface area contributed by atoms with Crippen LogP contribution in [-0.2, 0) is 16.0 Å². The van der Waals surface area contributed by atoms with Crippen LogP contribution in [-0.4, -0.2) is 49.9 Å². The van der Waals surface area contributed by atoms with Crippen molar-refractivity contribution in [1.29, 1.82) is 0 Å². The molecule has 23 heavy (non-hydrogen) atoms. The van der Waals surface area contributed by atoms with Crippen molar-refractivity contribution in [1.82, 2.24) is 15.5 Å². The van der Waals surface area contributed by atoms with Crippen molar-refractivity contribution < 1.29 is 9.59 Å². The van der Waals surface area contributed by atoms with Crippen molar-refractivity contribution in [2.45, 2.75) is 25.7 Å². The van der Waals surface area contributed by atoms with E-state index in [-0.39, 0.29) is 11.8 Å². The lowest BCUT2D eigenvalue weighted by molar-refractivity contribution is -0.133. The maximum Gasteiger partial charge on any atom is 0.224 e. The number of benzene rings is 1. The molecule has 5 nitrogen and oxygen atoms in total. The number of rotatable bonds is 7. The zero-order chi connectivity index (χ0) is 16.5. The van der Waals surface area contributed by atoms with Crippen LogP contribution in [0.1, 0.15) is 24.8 Å². The molecule has 0 aromatic heterocycles. The Hall–Kier alpha value is -1.88. The molecule has 2 amide bonds. The summed E-state index contributed by atoms with van der Waals surface area (Å²) in [5.74, 6) is 0.659. The third kappa shape index (κ3) is 6.02. The minimum Gasteiger partial charge on any atom is -0.355 e. The van der Waals surface area contributed by atoms with Crippen molar-refractivity contribution >= 4 is 11.8 Å². The number of hydrogen-bond acceptors (Lipinski definition) is 3. The first-order chi connectivity index (χ1) is 11.2. The van der Waals surface area contributed by atoms with Crippen LogP contribution < -0.4 is 10.6 Å². The van der Waals surface area contributed by atoms with Crippen LogP contribution >= 0.6 is 0 Å². The van der Waals surface area contributed by atoms with Crippen molar-refractivity contribution in [2.24, 2.45) is 5.92 Å². The van der Waals surface area contributed by atoms with E-state index in [1.165, 1.54) is 6.42 Å². The highest BCUT2D eigenvalue weighted by Gasteiger charge is 2.22. The molecule has 2 N–H and O–H groups in total. The first kappa shape index (κ1) is 17.5. The monoisotopic (exact) mass is 317 g/mol. The zero-order valence-corrected chi connectivity index (χ0v) is 13.9. The lowest BCUT2D eigenvalue weighted by Crippen LogP contribution is -2.43. The molecule has 1 aromatic carbocycles. The Morgan fingerprint density at radius 1 is 1.26 bits per heavy atom. The molecular weight excluding hydrogens is 290 g/mol. The topological polar surface area (TPSA) is 61.4 Å². The first-order valence-corrected chi connectivity index (χ1v) is 8.42. The average Bonchev–Trinajstić information content (AvgIpc) is 2.56. The standard InChI is InChI=1S/C18H27N3O2/c1-19-13-16-8-5-11-21(14-16)18(23)9-10-20-17(22)12-15-6-3-2-4-7-15/h2-4,6-7,16,19H,5,8-14H2,1H3,(H,20,22). The van der Waals surface area contributed by atoms with E-state index >= 15 is 0 Å². The van der Waals surface area contributed by atoms with E-state index in [9.17, 15) is 9.59 Å². The smallest absolute Gasteiger partial charge is 0.224 e. The van der Waals surface area contributed by atoms with Crippen molar-refractivity contribution in [2.75, 3.05) is 33.2 Å². The molecule has 0 aliphatic carbocycles. The zero-order valence-electron chi connectivity index (χ0n) is 13.9. The van der Waals surface area contributed by atoms with Gasteiger partial charge < -0.3 is 15.5 Å². The summed E-state index contributed by atoms with van der Waals surface area (Å²) in [5, 5.41) is 6.02. The molecule has 126 valence electrons. The minimum absolute atomic E-state index is 0.0318. The summed E-state index contributed by atoms with van der Waals surface area (Å²) < 4.78 is 0. The summed E-state index contributed by atoms with van der Waals surface area (Å²) in [6.45, 7) is 3.05. The summed E-state index contributed by atoms with van der Waals surface area (Å²) in [6, 6.07) is 9.63. The van der Waals surface area contributed by atoms with Crippen molar-refractivity contribution in [3.8, 4) is 0 Å². The SMILES string of the molecule is CNCC1CCCN(C(=O)CCNC(=O)Cc2ccccc2)C1. The largest absolute Gasteiger partial charge is 0.355 e. The van der Waals surface area contributed by atoms with Gasteiger partial charge in [-0.15, -0.1) is 0 Å². The number of carbonyl (C=O) groups is 2. The summed E-state index contributed by atoms with van der Waals surface area (Å²) in [4.78, 5) is 26.0. The van der Waals surface area contributed by atoms with E-state index in [2.05, 4.69) is 10.6 Å². The molecule has 0 spiro atoms. The predicted octanol–water partition coefficient (Wildman–Crippen LogP) is 1.19. The molecule has 1 atom stereocenters. The van der Waals surface area contributed by atoms with E-state index in [4.69, 9.17) is 0 Å². The van der Waals surface area contributed by atoms with E-state index in [0.29, 0.717) is 25.3 Å². The fourth-order valence-electron chi connectivity index (χ4n) is 3.06. The normalized spacial score (nSPS) is 17.8. The summed E-state index contributed by atoms with van der Waals surface area (Å²) in [7, 11) is 1.95. The molecular formula is C18H27N3O2. The molecule has 1 unspecified atom stereocenters. The third-order valence-electron chi connectivity index (χ3n) is 4.23. The van der Waals surface area contributed by atoms with Crippen LogP contribution in [0.3, 0.4) is 0 Å². The van der Waals surface area contributed by atoms with E-state index in [1.807, 2.05) is 42.3 Å². The molecule has 0 bridgehead atoms. The predicted molar refractivity (Wildman–Crippen MR) is 91.0 cm³/mol. The highest BCUT2D eigenvalue weighted by molar-refractivity contribution is 5.80. The third-order valence-corrected chi connectivity index (χ3v) is 4.23. The highest BCUT2D eigenvalue weighted by atomic mass is 16.2. The van der Waals surface area contributed by atoms with Gasteiger partial charge in [-0.25, -0.2) is 0 Å². The number of hydrogen-bond donors (Lipinski definition) is 2. The maximum atomic E-state index is 12.2. The van der Waals surface area contributed by atoms with Gasteiger partial charge >= 0.3 is 0 Å². The highest BCUT2D eigenvalue weighted by Crippen LogP contribution is 2.16. The molecule has 2 rings (SSSR count). The van der Waals surface area contributed by atoms with Crippen LogP contribution in [0.2, 0.25) is 0 Å². The molecule has 1 aliphatic rings. The Morgan fingerprint density at radius 2 is 2.04 bits per heavy atom. The quantitative estimate of drug-likeness (QED) is 0.794. The van der Waals surface area contributed by atoms with Gasteiger partial charge in [0.1, 0.15) is 0 Å². The number of carbonyl (C=O) groups excluding carboxylic acids is 2. The Morgan fingerprint density at radius 3 is 2.78 bits per heavy atom. The maximum absolute atomic E-state index is 12.2. The fourth-order valence-corrected chi connectivity index (χ4v) is 3.06. The van der Waals surface area contributed by atoms with Gasteiger partial charge in [-0.3, -0.25) is 9.59 Å². The van der Waals surface area contributed by atoms with Gasteiger partial charge in [0.15, 0.2) is 0 Å². The van der Waals surface area contributed by atoms with Gasteiger partial charge in [0.2, 0.25) is 11.8 Å². The summed E-state index contributed by atoms with van der Waals surface area (Å²) in [6.07, 6.45) is 2.99. The second-order valence-corrected chi connectivity index (χ2v) is 6.17. The Labute approximate surface area is 138 Å². The van der Waals surface area contributed by atoms with Crippen LogP contribution in [0.4, 0.5) is 0 Å². The Balaban J connectivity index is 1.67. The van der Waals surface area contributed by atoms with Crippen molar-refractivity contribution in [3.63, 3.8) is 0 Å². The van der Waals surface area contributed by atoms with E-state index < -0.39 is 0 Å². The second-order valence-electron chi connectivity index (χ2n) is 6.17. The molecule has 1 aliphatic heterocycles. The van der Waals surface area contributed by atoms with Gasteiger partial charge in [-0.1, -0.05) is 30.3 Å². The van der Waals surface area contributed by atoms with E-state index in [1.54, 1.807) is 0 Å². The van der Waals surface area contributed by atoms with Gasteiger partial charge in [0.25, 0.3) is 0 Å². The average molecular weight is 317 g/mol. The number of piperidine rings is 1. The minimum atomic E-state index is -0.0318. The van der Waals surface area contributed by atoms with Gasteiger partial charge in [0, 0.05) is 26.1 Å². The number of amides is 2. The summed E-state index contributed by atoms with van der Waals surface area (Å²) >= 11 is 0. The second kappa shape index (κ2) is 9.30. The van der Waals surface area contributed by atoms with Crippen LogP contribution in [0.15, 0.2) is 30.3 Å². The molecule has 5 heteroatoms. The van der Waals surface area contributed by atoms with E-state index in [0.717, 1.165) is 31.6 Å². The van der Waals surface area contributed by atoms with Gasteiger partial charge in [0.05, 0.1) is 6.42 Å². The first-order valence-electron chi connectivity index (χ1n) is 8.42. The lowest BCUT2D eigenvalue weighted by atomic mass is 9.98. The number of nitrogens with zero attached hydrogens (tertiary/aromatic N) is 1. The van der Waals surface area contributed by atoms with Crippen LogP contribution in [0.5, 0.6) is 0 Å². The summed E-state index contributed by atoms with van der Waals surface area (Å²) in [5.41, 5.74) is 0.988.